The van der Waals surface area contributed by atoms with Gasteiger partial charge in [0.25, 0.3) is 0 Å². The van der Waals surface area contributed by atoms with E-state index in [1.54, 1.807) is 0 Å². The Balaban J connectivity index is 1.50. The van der Waals surface area contributed by atoms with Crippen molar-refractivity contribution in [3.05, 3.63) is 28.9 Å². The summed E-state index contributed by atoms with van der Waals surface area (Å²) in [5, 5.41) is 12.3. The molecule has 4 rings (SSSR count). The molecule has 0 saturated carbocycles. The minimum absolute atomic E-state index is 0.213. The normalized spacial score (nSPS) is 23.8. The summed E-state index contributed by atoms with van der Waals surface area (Å²) in [5.74, 6) is 2.43. The van der Waals surface area contributed by atoms with Gasteiger partial charge in [0.2, 0.25) is 0 Å². The summed E-state index contributed by atoms with van der Waals surface area (Å²) in [7, 11) is 2.11. The average Bonchev–Trinajstić information content (AvgIpc) is 3.20. The van der Waals surface area contributed by atoms with E-state index in [9.17, 15) is 0 Å². The second-order valence-corrected chi connectivity index (χ2v) is 7.16. The number of aryl methyl sites for hydroxylation is 1. The number of nitrogens with zero attached hydrogens (tertiary/aromatic N) is 5. The molecule has 24 heavy (non-hydrogen) atoms. The summed E-state index contributed by atoms with van der Waals surface area (Å²) in [6.45, 7) is 5.01. The van der Waals surface area contributed by atoms with Crippen LogP contribution in [-0.4, -0.2) is 42.7 Å². The molecule has 1 aromatic heterocycles. The van der Waals surface area contributed by atoms with Crippen molar-refractivity contribution in [1.29, 1.82) is 0 Å². The van der Waals surface area contributed by atoms with Crippen LogP contribution in [0.1, 0.15) is 49.5 Å². The van der Waals surface area contributed by atoms with Crippen molar-refractivity contribution < 1.29 is 0 Å². The fourth-order valence-corrected chi connectivity index (χ4v) is 4.03. The molecule has 1 aliphatic carbocycles. The van der Waals surface area contributed by atoms with Crippen LogP contribution in [-0.2, 0) is 0 Å². The zero-order chi connectivity index (χ0) is 16.5. The lowest BCUT2D eigenvalue weighted by molar-refractivity contribution is 0.452. The molecule has 1 aromatic rings. The van der Waals surface area contributed by atoms with Crippen molar-refractivity contribution in [2.24, 2.45) is 10.2 Å². The lowest BCUT2D eigenvalue weighted by Gasteiger charge is -2.25. The summed E-state index contributed by atoms with van der Waals surface area (Å²) in [6, 6.07) is 2.39. The van der Waals surface area contributed by atoms with Gasteiger partial charge in [-0.05, 0) is 57.7 Å². The first-order valence-electron chi connectivity index (χ1n) is 9.11. The van der Waals surface area contributed by atoms with Crippen molar-refractivity contribution >= 4 is 5.82 Å². The van der Waals surface area contributed by atoms with Gasteiger partial charge in [-0.3, -0.25) is 0 Å². The minimum atomic E-state index is 0.213. The molecule has 6 nitrogen and oxygen atoms in total. The van der Waals surface area contributed by atoms with Crippen LogP contribution in [0.15, 0.2) is 27.6 Å². The van der Waals surface area contributed by atoms with Gasteiger partial charge in [0, 0.05) is 31.3 Å². The third kappa shape index (κ3) is 3.07. The first-order valence-corrected chi connectivity index (χ1v) is 9.11. The highest BCUT2D eigenvalue weighted by molar-refractivity contribution is 5.41. The highest BCUT2D eigenvalue weighted by Gasteiger charge is 2.29. The van der Waals surface area contributed by atoms with Gasteiger partial charge in [0.15, 0.2) is 0 Å². The van der Waals surface area contributed by atoms with Crippen LogP contribution in [0.3, 0.4) is 0 Å². The molecular weight excluding hydrogens is 300 g/mol. The zero-order valence-corrected chi connectivity index (χ0v) is 14.6. The van der Waals surface area contributed by atoms with E-state index < -0.39 is 0 Å². The summed E-state index contributed by atoms with van der Waals surface area (Å²) in [6.07, 6.45) is 5.81. The van der Waals surface area contributed by atoms with Gasteiger partial charge in [-0.1, -0.05) is 0 Å². The molecule has 128 valence electrons. The van der Waals surface area contributed by atoms with E-state index in [2.05, 4.69) is 38.5 Å². The molecule has 3 aliphatic rings. The van der Waals surface area contributed by atoms with E-state index in [4.69, 9.17) is 4.98 Å². The Kier molecular flexibility index (Phi) is 4.31. The number of nitrogens with one attached hydrogen (secondary N) is 1. The summed E-state index contributed by atoms with van der Waals surface area (Å²) in [4.78, 5) is 11.6. The van der Waals surface area contributed by atoms with Gasteiger partial charge in [-0.15, -0.1) is 0 Å². The van der Waals surface area contributed by atoms with Crippen LogP contribution in [0.2, 0.25) is 0 Å². The average molecular weight is 326 g/mol. The first kappa shape index (κ1) is 15.7. The topological polar surface area (TPSA) is 65.8 Å². The quantitative estimate of drug-likeness (QED) is 0.924. The Bertz CT molecular complexity index is 674. The number of allylic oxidation sites excluding steroid dienone is 1. The second-order valence-electron chi connectivity index (χ2n) is 7.16. The number of rotatable bonds is 4. The second kappa shape index (κ2) is 6.59. The van der Waals surface area contributed by atoms with Gasteiger partial charge >= 0.3 is 0 Å². The van der Waals surface area contributed by atoms with E-state index in [0.717, 1.165) is 57.0 Å². The monoisotopic (exact) mass is 326 g/mol. The maximum absolute atomic E-state index is 4.71. The Labute approximate surface area is 143 Å². The first-order chi connectivity index (χ1) is 11.7. The van der Waals surface area contributed by atoms with Crippen molar-refractivity contribution in [3.63, 3.8) is 0 Å². The fourth-order valence-electron chi connectivity index (χ4n) is 4.03. The van der Waals surface area contributed by atoms with Crippen molar-refractivity contribution in [3.8, 4) is 0 Å². The molecule has 0 bridgehead atoms. The fraction of sp³-hybridized carbons (Fsp3) is 0.667. The molecule has 1 fully saturated rings. The number of piperidine rings is 1. The van der Waals surface area contributed by atoms with E-state index in [1.807, 2.05) is 6.92 Å². The molecule has 0 spiro atoms. The molecule has 0 unspecified atom stereocenters. The highest BCUT2D eigenvalue weighted by atomic mass is 15.2. The van der Waals surface area contributed by atoms with Gasteiger partial charge in [-0.25, -0.2) is 9.97 Å². The molecule has 3 heterocycles. The third-order valence-corrected chi connectivity index (χ3v) is 5.39. The zero-order valence-electron chi connectivity index (χ0n) is 14.6. The standard InChI is InChI=1S/C18H26N6/c1-12-20-16(13-6-8-19-9-7-13)10-18(21-12)24(2)11-17-14-4-3-5-15(14)22-23-17/h10,13,17,19H,3-9,11H2,1-2H3/t17-/m1/s1. The van der Waals surface area contributed by atoms with Crippen LogP contribution in [0, 0.1) is 6.92 Å². The minimum Gasteiger partial charge on any atom is -0.357 e. The molecule has 0 amide bonds. The van der Waals surface area contributed by atoms with E-state index in [-0.39, 0.29) is 6.04 Å². The summed E-state index contributed by atoms with van der Waals surface area (Å²) in [5.41, 5.74) is 3.88. The van der Waals surface area contributed by atoms with Crippen LogP contribution in [0.25, 0.3) is 0 Å². The Morgan fingerprint density at radius 1 is 1.21 bits per heavy atom. The summed E-state index contributed by atoms with van der Waals surface area (Å²) >= 11 is 0. The molecule has 1 atom stereocenters. The maximum Gasteiger partial charge on any atom is 0.132 e. The highest BCUT2D eigenvalue weighted by Crippen LogP contribution is 2.36. The van der Waals surface area contributed by atoms with E-state index >= 15 is 0 Å². The van der Waals surface area contributed by atoms with Gasteiger partial charge in [-0.2, -0.15) is 10.2 Å². The molecule has 2 aliphatic heterocycles. The number of azo groups is 1. The van der Waals surface area contributed by atoms with Gasteiger partial charge in [0.1, 0.15) is 17.7 Å². The molecular formula is C18H26N6. The predicted octanol–water partition coefficient (Wildman–Crippen LogP) is 2.96. The van der Waals surface area contributed by atoms with E-state index in [0.29, 0.717) is 5.92 Å². The van der Waals surface area contributed by atoms with Crippen LogP contribution in [0.5, 0.6) is 0 Å². The predicted molar refractivity (Wildman–Crippen MR) is 94.4 cm³/mol. The Morgan fingerprint density at radius 2 is 2.04 bits per heavy atom. The number of likely N-dealkylation sites (N-methyl/N-ethyl adjacent to an activating group) is 1. The molecule has 1 N–H and O–H groups in total. The largest absolute Gasteiger partial charge is 0.357 e. The van der Waals surface area contributed by atoms with E-state index in [1.165, 1.54) is 23.4 Å². The lowest BCUT2D eigenvalue weighted by Crippen LogP contribution is -2.30. The Hall–Kier alpha value is -1.82. The summed E-state index contributed by atoms with van der Waals surface area (Å²) < 4.78 is 0. The van der Waals surface area contributed by atoms with Crippen LogP contribution < -0.4 is 10.2 Å². The van der Waals surface area contributed by atoms with Crippen molar-refractivity contribution in [2.45, 2.75) is 51.0 Å². The number of aromatic nitrogens is 2. The Morgan fingerprint density at radius 3 is 2.88 bits per heavy atom. The molecule has 6 heteroatoms. The van der Waals surface area contributed by atoms with Crippen LogP contribution >= 0.6 is 0 Å². The van der Waals surface area contributed by atoms with Crippen molar-refractivity contribution in [1.82, 2.24) is 15.3 Å². The molecule has 1 saturated heterocycles. The number of hydrogen-bond acceptors (Lipinski definition) is 6. The van der Waals surface area contributed by atoms with Crippen LogP contribution in [0.4, 0.5) is 5.82 Å². The number of anilines is 1. The maximum atomic E-state index is 4.71. The number of hydrogen-bond donors (Lipinski definition) is 1. The smallest absolute Gasteiger partial charge is 0.132 e. The van der Waals surface area contributed by atoms with Gasteiger partial charge in [0.05, 0.1) is 5.70 Å². The third-order valence-electron chi connectivity index (χ3n) is 5.39. The molecule has 0 radical (unpaired) electrons. The lowest BCUT2D eigenvalue weighted by atomic mass is 9.94. The van der Waals surface area contributed by atoms with Crippen molar-refractivity contribution in [2.75, 3.05) is 31.6 Å². The molecule has 0 aromatic carbocycles. The van der Waals surface area contributed by atoms with Gasteiger partial charge < -0.3 is 10.2 Å². The SMILES string of the molecule is Cc1nc(C2CCNCC2)cc(N(C)C[C@H]2N=NC3=C2CCC3)n1.